The van der Waals surface area contributed by atoms with Gasteiger partial charge in [-0.1, -0.05) is 30.3 Å². The number of aryl methyl sites for hydroxylation is 1. The molecule has 0 bridgehead atoms. The van der Waals surface area contributed by atoms with Gasteiger partial charge in [0.1, 0.15) is 0 Å². The number of hydrogen-bond donors (Lipinski definition) is 0. The molecule has 0 saturated carbocycles. The zero-order valence-electron chi connectivity index (χ0n) is 11.1. The summed E-state index contributed by atoms with van der Waals surface area (Å²) < 4.78 is 0. The third-order valence-electron chi connectivity index (χ3n) is 3.05. The van der Waals surface area contributed by atoms with Gasteiger partial charge in [0.15, 0.2) is 0 Å². The zero-order chi connectivity index (χ0) is 12.0. The molecule has 1 heteroatoms. The fourth-order valence-electron chi connectivity index (χ4n) is 2.22. The van der Waals surface area contributed by atoms with Gasteiger partial charge in [0.05, 0.1) is 0 Å². The average molecular weight is 219 g/mol. The van der Waals surface area contributed by atoms with E-state index in [-0.39, 0.29) is 0 Å². The molecule has 0 aromatic heterocycles. The monoisotopic (exact) mass is 219 g/mol. The molecule has 0 spiro atoms. The first-order valence-corrected chi connectivity index (χ1v) is 6.41. The summed E-state index contributed by atoms with van der Waals surface area (Å²) in [5.41, 5.74) is 1.45. The van der Waals surface area contributed by atoms with E-state index in [4.69, 9.17) is 0 Å². The van der Waals surface area contributed by atoms with Crippen LogP contribution >= 0.6 is 0 Å². The van der Waals surface area contributed by atoms with Crippen molar-refractivity contribution < 1.29 is 0 Å². The molecule has 16 heavy (non-hydrogen) atoms. The van der Waals surface area contributed by atoms with Crippen molar-refractivity contribution in [3.8, 4) is 0 Å². The molecule has 1 nitrogen and oxygen atoms in total. The van der Waals surface area contributed by atoms with Crippen LogP contribution in [0.4, 0.5) is 0 Å². The minimum Gasteiger partial charge on any atom is -0.299 e. The van der Waals surface area contributed by atoms with Crippen molar-refractivity contribution in [2.24, 2.45) is 0 Å². The quantitative estimate of drug-likeness (QED) is 0.704. The molecule has 0 amide bonds. The first kappa shape index (κ1) is 13.2. The van der Waals surface area contributed by atoms with E-state index in [1.807, 2.05) is 0 Å². The van der Waals surface area contributed by atoms with Crippen LogP contribution in [-0.2, 0) is 6.42 Å². The van der Waals surface area contributed by atoms with Crippen LogP contribution in [0.3, 0.4) is 0 Å². The average Bonchev–Trinajstić information content (AvgIpc) is 2.24. The summed E-state index contributed by atoms with van der Waals surface area (Å²) in [4.78, 5) is 2.56. The van der Waals surface area contributed by atoms with Gasteiger partial charge in [-0.25, -0.2) is 0 Å². The van der Waals surface area contributed by atoms with Crippen LogP contribution in [0.15, 0.2) is 30.3 Å². The standard InChI is InChI=1S/C15H25N/c1-13(2)16(14(3)4)12-8-11-15-9-6-5-7-10-15/h5-7,9-10,13-14H,8,11-12H2,1-4H3. The van der Waals surface area contributed by atoms with E-state index >= 15 is 0 Å². The van der Waals surface area contributed by atoms with Crippen molar-refractivity contribution in [3.63, 3.8) is 0 Å². The Hall–Kier alpha value is -0.820. The zero-order valence-corrected chi connectivity index (χ0v) is 11.1. The molecule has 0 fully saturated rings. The molecule has 0 heterocycles. The van der Waals surface area contributed by atoms with Crippen LogP contribution < -0.4 is 0 Å². The highest BCUT2D eigenvalue weighted by Gasteiger charge is 2.12. The lowest BCUT2D eigenvalue weighted by Gasteiger charge is -2.30. The molecule has 0 atom stereocenters. The van der Waals surface area contributed by atoms with Crippen molar-refractivity contribution in [2.45, 2.75) is 52.6 Å². The molecule has 0 aliphatic carbocycles. The second-order valence-corrected chi connectivity index (χ2v) is 5.01. The summed E-state index contributed by atoms with van der Waals surface area (Å²) in [6.07, 6.45) is 2.44. The number of benzene rings is 1. The van der Waals surface area contributed by atoms with E-state index in [1.165, 1.54) is 24.9 Å². The molecule has 1 rings (SSSR count). The van der Waals surface area contributed by atoms with E-state index in [2.05, 4.69) is 62.9 Å². The van der Waals surface area contributed by atoms with Crippen LogP contribution in [0.2, 0.25) is 0 Å². The highest BCUT2D eigenvalue weighted by atomic mass is 15.2. The molecule has 0 aliphatic heterocycles. The summed E-state index contributed by atoms with van der Waals surface area (Å²) in [6, 6.07) is 12.1. The van der Waals surface area contributed by atoms with Crippen molar-refractivity contribution in [2.75, 3.05) is 6.54 Å². The molecule has 0 saturated heterocycles. The lowest BCUT2D eigenvalue weighted by atomic mass is 10.1. The highest BCUT2D eigenvalue weighted by Crippen LogP contribution is 2.08. The van der Waals surface area contributed by atoms with E-state index < -0.39 is 0 Å². The van der Waals surface area contributed by atoms with E-state index in [1.54, 1.807) is 0 Å². The Morgan fingerprint density at radius 1 is 0.938 bits per heavy atom. The fourth-order valence-corrected chi connectivity index (χ4v) is 2.22. The Labute approximate surface area is 100 Å². The maximum absolute atomic E-state index is 2.56. The Morgan fingerprint density at radius 2 is 1.50 bits per heavy atom. The van der Waals surface area contributed by atoms with Gasteiger partial charge in [0, 0.05) is 12.1 Å². The normalized spacial score (nSPS) is 11.7. The van der Waals surface area contributed by atoms with Crippen molar-refractivity contribution in [3.05, 3.63) is 35.9 Å². The molecular formula is C15H25N. The van der Waals surface area contributed by atoms with E-state index in [0.29, 0.717) is 12.1 Å². The minimum atomic E-state index is 0.649. The lowest BCUT2D eigenvalue weighted by molar-refractivity contribution is 0.173. The van der Waals surface area contributed by atoms with Crippen molar-refractivity contribution >= 4 is 0 Å². The predicted octanol–water partition coefficient (Wildman–Crippen LogP) is 3.74. The maximum atomic E-state index is 2.56. The first-order chi connectivity index (χ1) is 7.61. The van der Waals surface area contributed by atoms with Gasteiger partial charge in [-0.3, -0.25) is 4.90 Å². The van der Waals surface area contributed by atoms with Gasteiger partial charge >= 0.3 is 0 Å². The van der Waals surface area contributed by atoms with Crippen LogP contribution in [0.5, 0.6) is 0 Å². The van der Waals surface area contributed by atoms with Crippen LogP contribution in [0, 0.1) is 0 Å². The molecule has 0 unspecified atom stereocenters. The third kappa shape index (κ3) is 4.36. The SMILES string of the molecule is CC(C)N(CCCc1ccccc1)C(C)C. The summed E-state index contributed by atoms with van der Waals surface area (Å²) in [5.74, 6) is 0. The first-order valence-electron chi connectivity index (χ1n) is 6.41. The predicted molar refractivity (Wildman–Crippen MR) is 71.7 cm³/mol. The largest absolute Gasteiger partial charge is 0.299 e. The van der Waals surface area contributed by atoms with Gasteiger partial charge in [0.2, 0.25) is 0 Å². The lowest BCUT2D eigenvalue weighted by Crippen LogP contribution is -2.37. The van der Waals surface area contributed by atoms with Crippen LogP contribution in [0.1, 0.15) is 39.7 Å². The second kappa shape index (κ2) is 6.70. The van der Waals surface area contributed by atoms with E-state index in [0.717, 1.165) is 0 Å². The summed E-state index contributed by atoms with van der Waals surface area (Å²) >= 11 is 0. The number of rotatable bonds is 6. The van der Waals surface area contributed by atoms with Gasteiger partial charge in [-0.15, -0.1) is 0 Å². The van der Waals surface area contributed by atoms with E-state index in [9.17, 15) is 0 Å². The molecule has 90 valence electrons. The summed E-state index contributed by atoms with van der Waals surface area (Å²) in [5, 5.41) is 0. The Balaban J connectivity index is 2.34. The Bertz CT molecular complexity index is 269. The highest BCUT2D eigenvalue weighted by molar-refractivity contribution is 5.14. The molecule has 1 aromatic carbocycles. The molecule has 0 aliphatic rings. The topological polar surface area (TPSA) is 3.24 Å². The fraction of sp³-hybridized carbons (Fsp3) is 0.600. The summed E-state index contributed by atoms with van der Waals surface area (Å²) in [6.45, 7) is 10.3. The maximum Gasteiger partial charge on any atom is 0.00412 e. The van der Waals surface area contributed by atoms with Gasteiger partial charge in [0.25, 0.3) is 0 Å². The van der Waals surface area contributed by atoms with Crippen LogP contribution in [-0.4, -0.2) is 23.5 Å². The van der Waals surface area contributed by atoms with Gasteiger partial charge in [-0.05, 0) is 52.6 Å². The summed E-state index contributed by atoms with van der Waals surface area (Å²) in [7, 11) is 0. The molecule has 0 radical (unpaired) electrons. The molecular weight excluding hydrogens is 194 g/mol. The minimum absolute atomic E-state index is 0.649. The van der Waals surface area contributed by atoms with Gasteiger partial charge in [-0.2, -0.15) is 0 Å². The second-order valence-electron chi connectivity index (χ2n) is 5.01. The molecule has 0 N–H and O–H groups in total. The molecule has 1 aromatic rings. The number of nitrogens with zero attached hydrogens (tertiary/aromatic N) is 1. The number of hydrogen-bond acceptors (Lipinski definition) is 1. The third-order valence-corrected chi connectivity index (χ3v) is 3.05. The smallest absolute Gasteiger partial charge is 0.00412 e. The van der Waals surface area contributed by atoms with Crippen LogP contribution in [0.25, 0.3) is 0 Å². The van der Waals surface area contributed by atoms with Crippen molar-refractivity contribution in [1.82, 2.24) is 4.90 Å². The Kier molecular flexibility index (Phi) is 5.54. The Morgan fingerprint density at radius 3 is 2.00 bits per heavy atom. The van der Waals surface area contributed by atoms with Crippen molar-refractivity contribution in [1.29, 1.82) is 0 Å². The van der Waals surface area contributed by atoms with Gasteiger partial charge < -0.3 is 0 Å².